The van der Waals surface area contributed by atoms with Gasteiger partial charge >= 0.3 is 6.09 Å². The van der Waals surface area contributed by atoms with E-state index in [1.54, 1.807) is 11.7 Å². The number of rotatable bonds is 2. The van der Waals surface area contributed by atoms with Crippen molar-refractivity contribution in [1.82, 2.24) is 10.3 Å². The van der Waals surface area contributed by atoms with Gasteiger partial charge in [0.05, 0.1) is 19.2 Å². The molecule has 5 heteroatoms. The summed E-state index contributed by atoms with van der Waals surface area (Å²) >= 11 is 1.49. The van der Waals surface area contributed by atoms with Crippen LogP contribution in [-0.2, 0) is 11.3 Å². The summed E-state index contributed by atoms with van der Waals surface area (Å²) in [7, 11) is 1.34. The standard InChI is InChI=1S/C6H8N2O2S/c1-10-6(9)8-3-5-2-7-4-11-5/h2,4H,3H2,1H3,(H,8,9). The largest absolute Gasteiger partial charge is 0.453 e. The van der Waals surface area contributed by atoms with Crippen LogP contribution in [0, 0.1) is 0 Å². The Hall–Kier alpha value is -1.10. The van der Waals surface area contributed by atoms with Crippen LogP contribution in [0.1, 0.15) is 4.88 Å². The van der Waals surface area contributed by atoms with Crippen molar-refractivity contribution in [3.8, 4) is 0 Å². The van der Waals surface area contributed by atoms with E-state index in [9.17, 15) is 4.79 Å². The molecule has 60 valence electrons. The van der Waals surface area contributed by atoms with Crippen molar-refractivity contribution < 1.29 is 9.53 Å². The second kappa shape index (κ2) is 3.92. The number of nitrogens with zero attached hydrogens (tertiary/aromatic N) is 1. The van der Waals surface area contributed by atoms with Gasteiger partial charge in [-0.1, -0.05) is 0 Å². The van der Waals surface area contributed by atoms with Crippen LogP contribution in [0.5, 0.6) is 0 Å². The van der Waals surface area contributed by atoms with Crippen molar-refractivity contribution in [3.05, 3.63) is 16.6 Å². The van der Waals surface area contributed by atoms with Crippen molar-refractivity contribution in [2.24, 2.45) is 0 Å². The molecule has 1 aromatic rings. The van der Waals surface area contributed by atoms with Gasteiger partial charge in [0.15, 0.2) is 0 Å². The van der Waals surface area contributed by atoms with Crippen LogP contribution in [0.4, 0.5) is 4.79 Å². The maximum Gasteiger partial charge on any atom is 0.407 e. The van der Waals surface area contributed by atoms with E-state index in [1.807, 2.05) is 0 Å². The molecule has 0 spiro atoms. The number of hydrogen-bond donors (Lipinski definition) is 1. The predicted octanol–water partition coefficient (Wildman–Crippen LogP) is 0.999. The highest BCUT2D eigenvalue weighted by Crippen LogP contribution is 2.03. The van der Waals surface area contributed by atoms with Crippen LogP contribution < -0.4 is 5.32 Å². The summed E-state index contributed by atoms with van der Waals surface area (Å²) in [5, 5.41) is 2.54. The predicted molar refractivity (Wildman–Crippen MR) is 41.4 cm³/mol. The maximum absolute atomic E-state index is 10.6. The second-order valence-corrected chi connectivity index (χ2v) is 2.78. The molecule has 11 heavy (non-hydrogen) atoms. The van der Waals surface area contributed by atoms with Gasteiger partial charge in [0.25, 0.3) is 0 Å². The van der Waals surface area contributed by atoms with Crippen LogP contribution >= 0.6 is 11.3 Å². The lowest BCUT2D eigenvalue weighted by molar-refractivity contribution is 0.170. The van der Waals surface area contributed by atoms with Gasteiger partial charge in [-0.25, -0.2) is 4.79 Å². The first-order chi connectivity index (χ1) is 5.33. The van der Waals surface area contributed by atoms with Crippen LogP contribution in [0.2, 0.25) is 0 Å². The first-order valence-electron chi connectivity index (χ1n) is 3.02. The molecule has 4 nitrogen and oxygen atoms in total. The molecule has 0 aliphatic carbocycles. The van der Waals surface area contributed by atoms with E-state index in [0.717, 1.165) is 4.88 Å². The molecule has 1 rings (SSSR count). The van der Waals surface area contributed by atoms with E-state index in [4.69, 9.17) is 0 Å². The summed E-state index contributed by atoms with van der Waals surface area (Å²) in [6.45, 7) is 0.483. The Labute approximate surface area is 68.2 Å². The van der Waals surface area contributed by atoms with E-state index < -0.39 is 6.09 Å². The Morgan fingerprint density at radius 3 is 3.27 bits per heavy atom. The normalized spacial score (nSPS) is 9.18. The summed E-state index contributed by atoms with van der Waals surface area (Å²) in [4.78, 5) is 15.4. The number of carbonyl (C=O) groups excluding carboxylic acids is 1. The molecule has 0 radical (unpaired) electrons. The molecule has 1 heterocycles. The SMILES string of the molecule is COC(=O)NCc1cncs1. The number of aromatic nitrogens is 1. The van der Waals surface area contributed by atoms with Crippen molar-refractivity contribution in [1.29, 1.82) is 0 Å². The molecule has 0 fully saturated rings. The Kier molecular flexibility index (Phi) is 2.85. The molecule has 0 bridgehead atoms. The summed E-state index contributed by atoms with van der Waals surface area (Å²) in [6, 6.07) is 0. The lowest BCUT2D eigenvalue weighted by atomic mass is 10.5. The molecular formula is C6H8N2O2S. The minimum atomic E-state index is -0.418. The number of hydrogen-bond acceptors (Lipinski definition) is 4. The van der Waals surface area contributed by atoms with E-state index in [1.165, 1.54) is 18.4 Å². The third-order valence-electron chi connectivity index (χ3n) is 1.08. The molecule has 0 atom stereocenters. The third kappa shape index (κ3) is 2.55. The number of nitrogens with one attached hydrogen (secondary N) is 1. The lowest BCUT2D eigenvalue weighted by Crippen LogP contribution is -2.21. The van der Waals surface area contributed by atoms with E-state index in [2.05, 4.69) is 15.0 Å². The van der Waals surface area contributed by atoms with Crippen LogP contribution in [0.3, 0.4) is 0 Å². The van der Waals surface area contributed by atoms with Gasteiger partial charge in [0.1, 0.15) is 0 Å². The minimum absolute atomic E-state index is 0.418. The molecule has 0 unspecified atom stereocenters. The zero-order chi connectivity index (χ0) is 8.10. The monoisotopic (exact) mass is 172 g/mol. The van der Waals surface area contributed by atoms with Gasteiger partial charge in [-0.15, -0.1) is 11.3 Å². The molecule has 0 aliphatic heterocycles. The second-order valence-electron chi connectivity index (χ2n) is 1.81. The molecule has 0 aromatic carbocycles. The Bertz CT molecular complexity index is 222. The number of thiazole rings is 1. The van der Waals surface area contributed by atoms with Gasteiger partial charge in [-0.2, -0.15) is 0 Å². The quantitative estimate of drug-likeness (QED) is 0.724. The van der Waals surface area contributed by atoms with Crippen molar-refractivity contribution >= 4 is 17.4 Å². The van der Waals surface area contributed by atoms with Crippen LogP contribution in [0.15, 0.2) is 11.7 Å². The number of carbonyl (C=O) groups is 1. The minimum Gasteiger partial charge on any atom is -0.453 e. The first kappa shape index (κ1) is 8.00. The number of methoxy groups -OCH3 is 1. The van der Waals surface area contributed by atoms with Gasteiger partial charge in [0, 0.05) is 11.1 Å². The molecule has 1 aromatic heterocycles. The highest BCUT2D eigenvalue weighted by atomic mass is 32.1. The third-order valence-corrected chi connectivity index (χ3v) is 1.86. The van der Waals surface area contributed by atoms with E-state index in [-0.39, 0.29) is 0 Å². The van der Waals surface area contributed by atoms with E-state index >= 15 is 0 Å². The Morgan fingerprint density at radius 1 is 1.91 bits per heavy atom. The number of ether oxygens (including phenoxy) is 1. The Balaban J connectivity index is 2.29. The van der Waals surface area contributed by atoms with Gasteiger partial charge in [-0.05, 0) is 0 Å². The molecular weight excluding hydrogens is 164 g/mol. The molecule has 0 aliphatic rings. The van der Waals surface area contributed by atoms with E-state index in [0.29, 0.717) is 6.54 Å². The van der Waals surface area contributed by atoms with Gasteiger partial charge in [0.2, 0.25) is 0 Å². The Morgan fingerprint density at radius 2 is 2.73 bits per heavy atom. The summed E-state index contributed by atoms with van der Waals surface area (Å²) in [6.07, 6.45) is 1.29. The highest BCUT2D eigenvalue weighted by molar-refractivity contribution is 7.09. The topological polar surface area (TPSA) is 51.2 Å². The zero-order valence-corrected chi connectivity index (χ0v) is 6.85. The molecule has 1 N–H and O–H groups in total. The lowest BCUT2D eigenvalue weighted by Gasteiger charge is -1.99. The molecule has 0 saturated heterocycles. The van der Waals surface area contributed by atoms with Crippen molar-refractivity contribution in [3.63, 3.8) is 0 Å². The average molecular weight is 172 g/mol. The summed E-state index contributed by atoms with van der Waals surface area (Å²) in [5.74, 6) is 0. The smallest absolute Gasteiger partial charge is 0.407 e. The molecule has 1 amide bonds. The van der Waals surface area contributed by atoms with Crippen LogP contribution in [-0.4, -0.2) is 18.2 Å². The fourth-order valence-corrected chi connectivity index (χ4v) is 1.10. The highest BCUT2D eigenvalue weighted by Gasteiger charge is 1.98. The molecule has 0 saturated carbocycles. The number of alkyl carbamates (subject to hydrolysis) is 1. The average Bonchev–Trinajstić information content (AvgIpc) is 2.52. The summed E-state index contributed by atoms with van der Waals surface area (Å²) < 4.78 is 4.38. The fraction of sp³-hybridized carbons (Fsp3) is 0.333. The summed E-state index contributed by atoms with van der Waals surface area (Å²) in [5.41, 5.74) is 1.72. The first-order valence-corrected chi connectivity index (χ1v) is 3.90. The zero-order valence-electron chi connectivity index (χ0n) is 6.03. The number of amides is 1. The van der Waals surface area contributed by atoms with Crippen molar-refractivity contribution in [2.75, 3.05) is 7.11 Å². The van der Waals surface area contributed by atoms with Crippen LogP contribution in [0.25, 0.3) is 0 Å². The van der Waals surface area contributed by atoms with Gasteiger partial charge < -0.3 is 10.1 Å². The van der Waals surface area contributed by atoms with Gasteiger partial charge in [-0.3, -0.25) is 4.98 Å². The maximum atomic E-state index is 10.6. The fourth-order valence-electron chi connectivity index (χ4n) is 0.561. The van der Waals surface area contributed by atoms with Crippen molar-refractivity contribution in [2.45, 2.75) is 6.54 Å².